The molecule has 0 aliphatic carbocycles. The smallest absolute Gasteiger partial charge is 0.251 e. The number of hydrogen-bond acceptors (Lipinski definition) is 3. The summed E-state index contributed by atoms with van der Waals surface area (Å²) in [5.41, 5.74) is 2.58. The molecule has 0 spiro atoms. The lowest BCUT2D eigenvalue weighted by Gasteiger charge is -2.09. The topological polar surface area (TPSA) is 67.4 Å². The fourth-order valence-electron chi connectivity index (χ4n) is 2.28. The van der Waals surface area contributed by atoms with Crippen molar-refractivity contribution in [1.29, 1.82) is 0 Å². The third kappa shape index (κ3) is 5.12. The molecule has 0 heterocycles. The van der Waals surface area contributed by atoms with Crippen LogP contribution in [-0.4, -0.2) is 32.0 Å². The standard InChI is InChI=1S/C19H22N2O3/c1-14-5-3-4-6-17(14)19(23)21-13-18(22)20-12-11-15-7-9-16(24-2)10-8-15/h3-10H,11-13H2,1-2H3,(H,20,22)(H,21,23). The van der Waals surface area contributed by atoms with Gasteiger partial charge in [0.05, 0.1) is 13.7 Å². The summed E-state index contributed by atoms with van der Waals surface area (Å²) in [4.78, 5) is 23.8. The predicted molar refractivity (Wildman–Crippen MR) is 93.2 cm³/mol. The molecule has 0 aromatic heterocycles. The van der Waals surface area contributed by atoms with E-state index in [1.807, 2.05) is 43.3 Å². The molecule has 2 amide bonds. The minimum Gasteiger partial charge on any atom is -0.497 e. The average Bonchev–Trinajstić information content (AvgIpc) is 2.60. The van der Waals surface area contributed by atoms with Crippen LogP contribution >= 0.6 is 0 Å². The molecule has 0 saturated carbocycles. The molecule has 0 fully saturated rings. The van der Waals surface area contributed by atoms with Gasteiger partial charge in [-0.05, 0) is 42.7 Å². The van der Waals surface area contributed by atoms with E-state index in [4.69, 9.17) is 4.74 Å². The first-order valence-electron chi connectivity index (χ1n) is 7.83. The first-order valence-corrected chi connectivity index (χ1v) is 7.83. The zero-order valence-electron chi connectivity index (χ0n) is 14.0. The Hall–Kier alpha value is -2.82. The lowest BCUT2D eigenvalue weighted by Crippen LogP contribution is -2.37. The zero-order chi connectivity index (χ0) is 17.4. The van der Waals surface area contributed by atoms with Crippen LogP contribution in [0.25, 0.3) is 0 Å². The van der Waals surface area contributed by atoms with E-state index in [9.17, 15) is 9.59 Å². The van der Waals surface area contributed by atoms with Crippen LogP contribution in [0.3, 0.4) is 0 Å². The van der Waals surface area contributed by atoms with Crippen molar-refractivity contribution < 1.29 is 14.3 Å². The third-order valence-corrected chi connectivity index (χ3v) is 3.69. The maximum atomic E-state index is 12.0. The molecule has 2 N–H and O–H groups in total. The summed E-state index contributed by atoms with van der Waals surface area (Å²) in [6, 6.07) is 15.0. The van der Waals surface area contributed by atoms with Gasteiger partial charge < -0.3 is 15.4 Å². The van der Waals surface area contributed by atoms with Crippen LogP contribution in [0.15, 0.2) is 48.5 Å². The van der Waals surface area contributed by atoms with Crippen molar-refractivity contribution in [2.75, 3.05) is 20.2 Å². The van der Waals surface area contributed by atoms with E-state index in [0.29, 0.717) is 12.1 Å². The SMILES string of the molecule is COc1ccc(CCNC(=O)CNC(=O)c2ccccc2C)cc1. The molecule has 2 rings (SSSR count). The molecule has 0 atom stereocenters. The van der Waals surface area contributed by atoms with Crippen LogP contribution in [0.4, 0.5) is 0 Å². The molecule has 5 heteroatoms. The van der Waals surface area contributed by atoms with Crippen molar-refractivity contribution in [3.63, 3.8) is 0 Å². The van der Waals surface area contributed by atoms with E-state index in [1.54, 1.807) is 19.2 Å². The van der Waals surface area contributed by atoms with Crippen molar-refractivity contribution in [2.24, 2.45) is 0 Å². The molecular weight excluding hydrogens is 304 g/mol. The molecular formula is C19H22N2O3. The number of carbonyl (C=O) groups excluding carboxylic acids is 2. The number of benzene rings is 2. The van der Waals surface area contributed by atoms with E-state index < -0.39 is 0 Å². The molecule has 126 valence electrons. The van der Waals surface area contributed by atoms with E-state index in [-0.39, 0.29) is 18.4 Å². The fraction of sp³-hybridized carbons (Fsp3) is 0.263. The van der Waals surface area contributed by atoms with Gasteiger partial charge in [-0.3, -0.25) is 9.59 Å². The second kappa shape index (κ2) is 8.72. The quantitative estimate of drug-likeness (QED) is 0.819. The van der Waals surface area contributed by atoms with Crippen LogP contribution in [0, 0.1) is 6.92 Å². The molecule has 0 aliphatic heterocycles. The summed E-state index contributed by atoms with van der Waals surface area (Å²) in [5.74, 6) is 0.366. The number of aryl methyl sites for hydroxylation is 1. The Bertz CT molecular complexity index is 696. The third-order valence-electron chi connectivity index (χ3n) is 3.69. The van der Waals surface area contributed by atoms with Crippen LogP contribution in [-0.2, 0) is 11.2 Å². The number of hydrogen-bond donors (Lipinski definition) is 2. The van der Waals surface area contributed by atoms with Crippen molar-refractivity contribution in [3.05, 3.63) is 65.2 Å². The number of methoxy groups -OCH3 is 1. The molecule has 0 saturated heterocycles. The second-order valence-corrected chi connectivity index (χ2v) is 5.45. The Morgan fingerprint density at radius 2 is 1.71 bits per heavy atom. The molecule has 0 radical (unpaired) electrons. The van der Waals surface area contributed by atoms with Crippen LogP contribution in [0.2, 0.25) is 0 Å². The van der Waals surface area contributed by atoms with E-state index in [2.05, 4.69) is 10.6 Å². The zero-order valence-corrected chi connectivity index (χ0v) is 14.0. The highest BCUT2D eigenvalue weighted by molar-refractivity contribution is 5.97. The largest absolute Gasteiger partial charge is 0.497 e. The van der Waals surface area contributed by atoms with Gasteiger partial charge in [-0.25, -0.2) is 0 Å². The normalized spacial score (nSPS) is 10.1. The molecule has 2 aromatic rings. The number of nitrogens with one attached hydrogen (secondary N) is 2. The van der Waals surface area contributed by atoms with Gasteiger partial charge in [0, 0.05) is 12.1 Å². The van der Waals surface area contributed by atoms with E-state index in [0.717, 1.165) is 23.3 Å². The summed E-state index contributed by atoms with van der Waals surface area (Å²) < 4.78 is 5.10. The Morgan fingerprint density at radius 1 is 1.00 bits per heavy atom. The first-order chi connectivity index (χ1) is 11.6. The highest BCUT2D eigenvalue weighted by Gasteiger charge is 2.09. The molecule has 24 heavy (non-hydrogen) atoms. The van der Waals surface area contributed by atoms with E-state index >= 15 is 0 Å². The highest BCUT2D eigenvalue weighted by atomic mass is 16.5. The summed E-state index contributed by atoms with van der Waals surface area (Å²) in [7, 11) is 1.63. The summed E-state index contributed by atoms with van der Waals surface area (Å²) in [6.07, 6.45) is 0.724. The Kier molecular flexibility index (Phi) is 6.37. The van der Waals surface area contributed by atoms with Gasteiger partial charge in [0.2, 0.25) is 5.91 Å². The number of rotatable bonds is 7. The summed E-state index contributed by atoms with van der Waals surface area (Å²) >= 11 is 0. The first kappa shape index (κ1) is 17.5. The molecule has 2 aromatic carbocycles. The van der Waals surface area contributed by atoms with Gasteiger partial charge >= 0.3 is 0 Å². The summed E-state index contributed by atoms with van der Waals surface area (Å²) in [5, 5.41) is 5.43. The van der Waals surface area contributed by atoms with Crippen molar-refractivity contribution in [3.8, 4) is 5.75 Å². The molecule has 0 bridgehead atoms. The average molecular weight is 326 g/mol. The molecule has 0 unspecified atom stereocenters. The Balaban J connectivity index is 1.71. The van der Waals surface area contributed by atoms with Gasteiger partial charge in [0.1, 0.15) is 5.75 Å². The summed E-state index contributed by atoms with van der Waals surface area (Å²) in [6.45, 7) is 2.35. The number of amides is 2. The molecule has 5 nitrogen and oxygen atoms in total. The highest BCUT2D eigenvalue weighted by Crippen LogP contribution is 2.11. The fourth-order valence-corrected chi connectivity index (χ4v) is 2.28. The van der Waals surface area contributed by atoms with Gasteiger partial charge in [-0.2, -0.15) is 0 Å². The minimum atomic E-state index is -0.238. The van der Waals surface area contributed by atoms with Crippen LogP contribution in [0.1, 0.15) is 21.5 Å². The maximum absolute atomic E-state index is 12.0. The second-order valence-electron chi connectivity index (χ2n) is 5.45. The van der Waals surface area contributed by atoms with Crippen LogP contribution < -0.4 is 15.4 Å². The monoisotopic (exact) mass is 326 g/mol. The number of ether oxygens (including phenoxy) is 1. The van der Waals surface area contributed by atoms with Crippen LogP contribution in [0.5, 0.6) is 5.75 Å². The van der Waals surface area contributed by atoms with Gasteiger partial charge in [0.15, 0.2) is 0 Å². The van der Waals surface area contributed by atoms with E-state index in [1.165, 1.54) is 0 Å². The van der Waals surface area contributed by atoms with Gasteiger partial charge in [-0.1, -0.05) is 30.3 Å². The lowest BCUT2D eigenvalue weighted by atomic mass is 10.1. The maximum Gasteiger partial charge on any atom is 0.251 e. The van der Waals surface area contributed by atoms with Gasteiger partial charge in [-0.15, -0.1) is 0 Å². The lowest BCUT2D eigenvalue weighted by molar-refractivity contribution is -0.120. The van der Waals surface area contributed by atoms with Crippen molar-refractivity contribution in [2.45, 2.75) is 13.3 Å². The minimum absolute atomic E-state index is 0.0320. The number of carbonyl (C=O) groups is 2. The Labute approximate surface area is 142 Å². The predicted octanol–water partition coefficient (Wildman–Crippen LogP) is 2.09. The molecule has 0 aliphatic rings. The van der Waals surface area contributed by atoms with Crippen molar-refractivity contribution >= 4 is 11.8 Å². The van der Waals surface area contributed by atoms with Crippen molar-refractivity contribution in [1.82, 2.24) is 10.6 Å². The Morgan fingerprint density at radius 3 is 2.38 bits per heavy atom. The van der Waals surface area contributed by atoms with Gasteiger partial charge in [0.25, 0.3) is 5.91 Å².